The molecule has 6 nitrogen and oxygen atoms in total. The number of nitrogens with one attached hydrogen (secondary N) is 3. The standard InChI is InChI=1S/C14H16N4O2/c1-9-6-13(18-17-9)16-14(19)11-4-2-10(3-5-11)12-7-15-8-20-12/h2-5,7-9,13,17-18H,6H2,1H3,(H,16,19). The molecule has 1 saturated heterocycles. The van der Waals surface area contributed by atoms with E-state index in [1.807, 2.05) is 12.1 Å². The lowest BCUT2D eigenvalue weighted by Crippen LogP contribution is -2.44. The molecule has 1 aliphatic heterocycles. The summed E-state index contributed by atoms with van der Waals surface area (Å²) in [5.41, 5.74) is 7.62. The van der Waals surface area contributed by atoms with Crippen molar-refractivity contribution in [2.45, 2.75) is 25.6 Å². The molecule has 2 heterocycles. The monoisotopic (exact) mass is 272 g/mol. The molecule has 2 aromatic rings. The van der Waals surface area contributed by atoms with Gasteiger partial charge in [0.1, 0.15) is 0 Å². The fraction of sp³-hybridized carbons (Fsp3) is 0.286. The van der Waals surface area contributed by atoms with Crippen molar-refractivity contribution >= 4 is 5.91 Å². The number of hydrogen-bond donors (Lipinski definition) is 3. The Bertz CT molecular complexity index is 580. The molecule has 1 aromatic heterocycles. The molecular weight excluding hydrogens is 256 g/mol. The normalized spacial score (nSPS) is 21.9. The average molecular weight is 272 g/mol. The van der Waals surface area contributed by atoms with Crippen LogP contribution in [0.25, 0.3) is 11.3 Å². The van der Waals surface area contributed by atoms with Crippen LogP contribution in [0.15, 0.2) is 41.3 Å². The van der Waals surface area contributed by atoms with Gasteiger partial charge >= 0.3 is 0 Å². The molecule has 1 aromatic carbocycles. The number of rotatable bonds is 3. The van der Waals surface area contributed by atoms with Crippen molar-refractivity contribution < 1.29 is 9.21 Å². The summed E-state index contributed by atoms with van der Waals surface area (Å²) in [5.74, 6) is 0.593. The Hall–Kier alpha value is -2.18. The Balaban J connectivity index is 1.66. The molecule has 1 aliphatic rings. The van der Waals surface area contributed by atoms with Gasteiger partial charge in [0.15, 0.2) is 12.2 Å². The van der Waals surface area contributed by atoms with Crippen LogP contribution in [0.2, 0.25) is 0 Å². The van der Waals surface area contributed by atoms with Crippen LogP contribution in [-0.2, 0) is 0 Å². The fourth-order valence-electron chi connectivity index (χ4n) is 2.20. The zero-order valence-electron chi connectivity index (χ0n) is 11.1. The molecule has 6 heteroatoms. The number of nitrogens with zero attached hydrogens (tertiary/aromatic N) is 1. The maximum Gasteiger partial charge on any atom is 0.252 e. The number of benzene rings is 1. The molecule has 20 heavy (non-hydrogen) atoms. The van der Waals surface area contributed by atoms with E-state index < -0.39 is 0 Å². The van der Waals surface area contributed by atoms with Gasteiger partial charge in [-0.05, 0) is 25.5 Å². The van der Waals surface area contributed by atoms with Crippen molar-refractivity contribution in [1.29, 1.82) is 0 Å². The molecular formula is C14H16N4O2. The highest BCUT2D eigenvalue weighted by Crippen LogP contribution is 2.18. The van der Waals surface area contributed by atoms with Gasteiger partial charge in [-0.3, -0.25) is 10.2 Å². The van der Waals surface area contributed by atoms with Gasteiger partial charge in [-0.1, -0.05) is 12.1 Å². The van der Waals surface area contributed by atoms with Crippen molar-refractivity contribution in [1.82, 2.24) is 21.2 Å². The third kappa shape index (κ3) is 2.71. The highest BCUT2D eigenvalue weighted by molar-refractivity contribution is 5.94. The van der Waals surface area contributed by atoms with Gasteiger partial charge in [0.25, 0.3) is 5.91 Å². The van der Waals surface area contributed by atoms with Crippen molar-refractivity contribution in [2.24, 2.45) is 0 Å². The van der Waals surface area contributed by atoms with Gasteiger partial charge in [-0.25, -0.2) is 10.4 Å². The van der Waals surface area contributed by atoms with Crippen LogP contribution >= 0.6 is 0 Å². The van der Waals surface area contributed by atoms with Crippen molar-refractivity contribution in [2.75, 3.05) is 0 Å². The quantitative estimate of drug-likeness (QED) is 0.784. The molecule has 0 bridgehead atoms. The first-order valence-corrected chi connectivity index (χ1v) is 6.53. The van der Waals surface area contributed by atoms with Gasteiger partial charge in [0.05, 0.1) is 12.4 Å². The van der Waals surface area contributed by atoms with Crippen LogP contribution in [0.3, 0.4) is 0 Å². The van der Waals surface area contributed by atoms with Crippen LogP contribution in [0.4, 0.5) is 0 Å². The van der Waals surface area contributed by atoms with Crippen molar-refractivity contribution in [3.05, 3.63) is 42.4 Å². The van der Waals surface area contributed by atoms with E-state index in [9.17, 15) is 4.79 Å². The Morgan fingerprint density at radius 1 is 1.35 bits per heavy atom. The number of carbonyl (C=O) groups excluding carboxylic acids is 1. The van der Waals surface area contributed by atoms with Gasteiger partial charge < -0.3 is 9.73 Å². The smallest absolute Gasteiger partial charge is 0.252 e. The molecule has 3 N–H and O–H groups in total. The predicted molar refractivity (Wildman–Crippen MR) is 73.5 cm³/mol. The summed E-state index contributed by atoms with van der Waals surface area (Å²) in [7, 11) is 0. The topological polar surface area (TPSA) is 79.2 Å². The molecule has 0 spiro atoms. The summed E-state index contributed by atoms with van der Waals surface area (Å²) < 4.78 is 5.21. The largest absolute Gasteiger partial charge is 0.444 e. The molecule has 1 fully saturated rings. The van der Waals surface area contributed by atoms with Gasteiger partial charge in [-0.2, -0.15) is 0 Å². The van der Waals surface area contributed by atoms with E-state index >= 15 is 0 Å². The maximum absolute atomic E-state index is 12.1. The third-order valence-corrected chi connectivity index (χ3v) is 3.26. The summed E-state index contributed by atoms with van der Waals surface area (Å²) in [5, 5.41) is 2.93. The summed E-state index contributed by atoms with van der Waals surface area (Å²) in [4.78, 5) is 16.0. The van der Waals surface area contributed by atoms with Gasteiger partial charge in [0.2, 0.25) is 0 Å². The summed E-state index contributed by atoms with van der Waals surface area (Å²) in [6, 6.07) is 7.60. The zero-order valence-corrected chi connectivity index (χ0v) is 11.1. The van der Waals surface area contributed by atoms with Crippen LogP contribution < -0.4 is 16.2 Å². The fourth-order valence-corrected chi connectivity index (χ4v) is 2.20. The van der Waals surface area contributed by atoms with E-state index in [0.29, 0.717) is 17.4 Å². The molecule has 1 amide bonds. The minimum atomic E-state index is -0.0949. The first-order valence-electron chi connectivity index (χ1n) is 6.53. The number of hydrogen-bond acceptors (Lipinski definition) is 5. The average Bonchev–Trinajstić information content (AvgIpc) is 3.11. The Labute approximate surface area is 116 Å². The minimum absolute atomic E-state index is 0.0357. The van der Waals surface area contributed by atoms with Crippen LogP contribution in [0.1, 0.15) is 23.7 Å². The lowest BCUT2D eigenvalue weighted by Gasteiger charge is -2.12. The van der Waals surface area contributed by atoms with E-state index in [4.69, 9.17) is 4.42 Å². The van der Waals surface area contributed by atoms with Crippen molar-refractivity contribution in [3.8, 4) is 11.3 Å². The van der Waals surface area contributed by atoms with E-state index in [1.54, 1.807) is 18.3 Å². The van der Waals surface area contributed by atoms with E-state index in [1.165, 1.54) is 6.39 Å². The second kappa shape index (κ2) is 5.44. The lowest BCUT2D eigenvalue weighted by atomic mass is 10.1. The number of amides is 1. The maximum atomic E-state index is 12.1. The Kier molecular flexibility index (Phi) is 3.49. The highest BCUT2D eigenvalue weighted by Gasteiger charge is 2.21. The number of hydrazine groups is 1. The Morgan fingerprint density at radius 3 is 2.75 bits per heavy atom. The zero-order chi connectivity index (χ0) is 13.9. The van der Waals surface area contributed by atoms with E-state index in [-0.39, 0.29) is 12.1 Å². The van der Waals surface area contributed by atoms with Crippen LogP contribution in [0, 0.1) is 0 Å². The highest BCUT2D eigenvalue weighted by atomic mass is 16.3. The third-order valence-electron chi connectivity index (χ3n) is 3.26. The molecule has 0 aliphatic carbocycles. The summed E-state index contributed by atoms with van der Waals surface area (Å²) >= 11 is 0. The molecule has 2 atom stereocenters. The van der Waals surface area contributed by atoms with Gasteiger partial charge in [-0.15, -0.1) is 0 Å². The first kappa shape index (κ1) is 12.8. The number of aromatic nitrogens is 1. The molecule has 3 rings (SSSR count). The van der Waals surface area contributed by atoms with Crippen LogP contribution in [-0.4, -0.2) is 23.1 Å². The van der Waals surface area contributed by atoms with Gasteiger partial charge in [0, 0.05) is 17.2 Å². The minimum Gasteiger partial charge on any atom is -0.444 e. The summed E-state index contributed by atoms with van der Waals surface area (Å²) in [6.07, 6.45) is 3.86. The second-order valence-corrected chi connectivity index (χ2v) is 4.89. The first-order chi connectivity index (χ1) is 9.72. The number of carbonyl (C=O) groups is 1. The molecule has 0 saturated carbocycles. The van der Waals surface area contributed by atoms with E-state index in [0.717, 1.165) is 12.0 Å². The molecule has 104 valence electrons. The number of oxazole rings is 1. The molecule has 0 radical (unpaired) electrons. The second-order valence-electron chi connectivity index (χ2n) is 4.89. The predicted octanol–water partition coefficient (Wildman–Crippen LogP) is 1.28. The SMILES string of the molecule is CC1CC(NC(=O)c2ccc(-c3cnco3)cc2)NN1. The summed E-state index contributed by atoms with van der Waals surface area (Å²) in [6.45, 7) is 2.06. The Morgan fingerprint density at radius 2 is 2.15 bits per heavy atom. The van der Waals surface area contributed by atoms with Crippen molar-refractivity contribution in [3.63, 3.8) is 0 Å². The van der Waals surface area contributed by atoms with E-state index in [2.05, 4.69) is 28.1 Å². The lowest BCUT2D eigenvalue weighted by molar-refractivity contribution is 0.0932. The van der Waals surface area contributed by atoms with Crippen LogP contribution in [0.5, 0.6) is 0 Å². The molecule has 2 unspecified atom stereocenters.